The van der Waals surface area contributed by atoms with Crippen molar-refractivity contribution in [1.29, 1.82) is 0 Å². The molecule has 3 aromatic heterocycles. The molecule has 0 aliphatic rings. The Balaban J connectivity index is 2.13. The molecule has 0 unspecified atom stereocenters. The summed E-state index contributed by atoms with van der Waals surface area (Å²) in [5, 5.41) is 4.26. The fraction of sp³-hybridized carbons (Fsp3) is 0.308. The number of aromatic amines is 1. The maximum atomic E-state index is 5.39. The molecule has 0 fully saturated rings. The molecule has 19 heavy (non-hydrogen) atoms. The molecule has 3 aromatic rings. The van der Waals surface area contributed by atoms with E-state index >= 15 is 0 Å². The average molecular weight is 273 g/mol. The van der Waals surface area contributed by atoms with Crippen LogP contribution >= 0.6 is 12.2 Å². The van der Waals surface area contributed by atoms with Crippen molar-refractivity contribution in [3.8, 4) is 0 Å². The summed E-state index contributed by atoms with van der Waals surface area (Å²) >= 11 is 5.39. The summed E-state index contributed by atoms with van der Waals surface area (Å²) < 4.78 is 4.57. The second-order valence-corrected chi connectivity index (χ2v) is 5.17. The minimum absolute atomic E-state index is 0.689. The van der Waals surface area contributed by atoms with Gasteiger partial charge in [-0.1, -0.05) is 0 Å². The zero-order valence-corrected chi connectivity index (χ0v) is 12.0. The maximum Gasteiger partial charge on any atom is 0.179 e. The molecular weight excluding hydrogens is 258 g/mol. The van der Waals surface area contributed by atoms with Gasteiger partial charge in [0, 0.05) is 24.5 Å². The zero-order chi connectivity index (χ0) is 13.6. The predicted molar refractivity (Wildman–Crippen MR) is 76.7 cm³/mol. The lowest BCUT2D eigenvalue weighted by Gasteiger charge is -2.03. The normalized spacial score (nSPS) is 11.3. The van der Waals surface area contributed by atoms with Crippen LogP contribution in [0.2, 0.25) is 0 Å². The lowest BCUT2D eigenvalue weighted by atomic mass is 10.2. The average Bonchev–Trinajstić information content (AvgIpc) is 2.84. The Morgan fingerprint density at radius 3 is 2.79 bits per heavy atom. The van der Waals surface area contributed by atoms with Crippen LogP contribution in [0.5, 0.6) is 0 Å². The van der Waals surface area contributed by atoms with Crippen LogP contribution in [-0.4, -0.2) is 24.3 Å². The second kappa shape index (κ2) is 4.31. The Morgan fingerprint density at radius 2 is 2.11 bits per heavy atom. The van der Waals surface area contributed by atoms with Gasteiger partial charge in [0.15, 0.2) is 10.4 Å². The predicted octanol–water partition coefficient (Wildman–Crippen LogP) is 2.49. The van der Waals surface area contributed by atoms with Crippen molar-refractivity contribution in [2.45, 2.75) is 20.4 Å². The molecule has 0 aliphatic carbocycles. The lowest BCUT2D eigenvalue weighted by molar-refractivity contribution is 0.731. The van der Waals surface area contributed by atoms with Crippen molar-refractivity contribution < 1.29 is 0 Å². The highest BCUT2D eigenvalue weighted by Crippen LogP contribution is 2.16. The number of H-pyrrole nitrogens is 1. The fourth-order valence-electron chi connectivity index (χ4n) is 2.16. The summed E-state index contributed by atoms with van der Waals surface area (Å²) in [6, 6.07) is 2.06. The van der Waals surface area contributed by atoms with Crippen molar-refractivity contribution in [3.05, 3.63) is 40.1 Å². The minimum Gasteiger partial charge on any atom is -0.329 e. The summed E-state index contributed by atoms with van der Waals surface area (Å²) in [5.74, 6) is 0. The molecule has 0 saturated heterocycles. The minimum atomic E-state index is 0.689. The Bertz CT molecular complexity index is 808. The van der Waals surface area contributed by atoms with Gasteiger partial charge in [0.05, 0.1) is 18.3 Å². The number of hydrogen-bond donors (Lipinski definition) is 1. The molecule has 0 bridgehead atoms. The number of fused-ring (bicyclic) bond motifs is 1. The molecule has 0 radical (unpaired) electrons. The Kier molecular flexibility index (Phi) is 2.74. The summed E-state index contributed by atoms with van der Waals surface area (Å²) in [4.78, 5) is 7.67. The molecule has 3 heterocycles. The summed E-state index contributed by atoms with van der Waals surface area (Å²) in [5.41, 5.74) is 5.28. The number of aryl methyl sites for hydroxylation is 2. The highest BCUT2D eigenvalue weighted by atomic mass is 32.1. The first-order valence-corrected chi connectivity index (χ1v) is 6.49. The van der Waals surface area contributed by atoms with Gasteiger partial charge >= 0.3 is 0 Å². The number of nitrogens with one attached hydrogen (secondary N) is 1. The van der Waals surface area contributed by atoms with E-state index in [0.29, 0.717) is 11.3 Å². The van der Waals surface area contributed by atoms with Crippen LogP contribution in [0.1, 0.15) is 16.8 Å². The SMILES string of the molecule is Cc1cnc2c(c1)[nH]c(=S)n2Cc1cnn(C)c1C. The zero-order valence-electron chi connectivity index (χ0n) is 11.1. The third kappa shape index (κ3) is 1.98. The van der Waals surface area contributed by atoms with Gasteiger partial charge in [-0.05, 0) is 37.7 Å². The van der Waals surface area contributed by atoms with E-state index in [1.807, 2.05) is 35.6 Å². The largest absolute Gasteiger partial charge is 0.329 e. The van der Waals surface area contributed by atoms with Gasteiger partial charge in [0.25, 0.3) is 0 Å². The topological polar surface area (TPSA) is 51.4 Å². The molecule has 0 aromatic carbocycles. The first-order valence-electron chi connectivity index (χ1n) is 6.09. The van der Waals surface area contributed by atoms with Crippen LogP contribution in [0.3, 0.4) is 0 Å². The van der Waals surface area contributed by atoms with Crippen LogP contribution in [-0.2, 0) is 13.6 Å². The number of imidazole rings is 1. The van der Waals surface area contributed by atoms with Crippen LogP contribution < -0.4 is 0 Å². The molecular formula is C13H15N5S. The summed E-state index contributed by atoms with van der Waals surface area (Å²) in [6.45, 7) is 4.76. The molecule has 0 spiro atoms. The van der Waals surface area contributed by atoms with Gasteiger partial charge in [-0.15, -0.1) is 0 Å². The first kappa shape index (κ1) is 12.1. The van der Waals surface area contributed by atoms with Gasteiger partial charge in [0.1, 0.15) is 0 Å². The molecule has 0 aliphatic heterocycles. The molecule has 5 nitrogen and oxygen atoms in total. The van der Waals surface area contributed by atoms with E-state index in [9.17, 15) is 0 Å². The fourth-order valence-corrected chi connectivity index (χ4v) is 2.43. The molecule has 0 saturated carbocycles. The Labute approximate surface area is 115 Å². The van der Waals surface area contributed by atoms with Crippen molar-refractivity contribution in [1.82, 2.24) is 24.3 Å². The highest BCUT2D eigenvalue weighted by Gasteiger charge is 2.10. The van der Waals surface area contributed by atoms with Gasteiger partial charge in [-0.25, -0.2) is 4.98 Å². The monoisotopic (exact) mass is 273 g/mol. The molecule has 3 rings (SSSR count). The van der Waals surface area contributed by atoms with E-state index in [-0.39, 0.29) is 0 Å². The quantitative estimate of drug-likeness (QED) is 0.730. The number of rotatable bonds is 2. The Hall–Kier alpha value is -1.95. The van der Waals surface area contributed by atoms with Crippen molar-refractivity contribution in [2.75, 3.05) is 0 Å². The van der Waals surface area contributed by atoms with Crippen LogP contribution in [0, 0.1) is 18.6 Å². The molecule has 6 heteroatoms. The summed E-state index contributed by atoms with van der Waals surface area (Å²) in [6.07, 6.45) is 3.74. The number of aromatic nitrogens is 5. The molecule has 0 amide bonds. The maximum absolute atomic E-state index is 5.39. The van der Waals surface area contributed by atoms with Gasteiger partial charge in [0.2, 0.25) is 0 Å². The van der Waals surface area contributed by atoms with Gasteiger partial charge in [-0.3, -0.25) is 9.25 Å². The highest BCUT2D eigenvalue weighted by molar-refractivity contribution is 7.71. The van der Waals surface area contributed by atoms with Gasteiger partial charge in [-0.2, -0.15) is 5.10 Å². The summed E-state index contributed by atoms with van der Waals surface area (Å²) in [7, 11) is 1.94. The Morgan fingerprint density at radius 1 is 1.32 bits per heavy atom. The van der Waals surface area contributed by atoms with Crippen molar-refractivity contribution in [3.63, 3.8) is 0 Å². The standard InChI is InChI=1S/C13H15N5S/c1-8-4-11-12(14-5-8)18(13(19)16-11)7-10-6-15-17(3)9(10)2/h4-6H,7H2,1-3H3,(H,16,19). The van der Waals surface area contributed by atoms with E-state index in [2.05, 4.69) is 28.1 Å². The first-order chi connectivity index (χ1) is 9.06. The third-order valence-electron chi connectivity index (χ3n) is 3.41. The number of hydrogen-bond acceptors (Lipinski definition) is 3. The number of nitrogens with zero attached hydrogens (tertiary/aromatic N) is 4. The molecule has 0 atom stereocenters. The van der Waals surface area contributed by atoms with E-state index in [0.717, 1.165) is 28.0 Å². The van der Waals surface area contributed by atoms with E-state index in [4.69, 9.17) is 12.2 Å². The van der Waals surface area contributed by atoms with E-state index < -0.39 is 0 Å². The van der Waals surface area contributed by atoms with Gasteiger partial charge < -0.3 is 4.98 Å². The van der Waals surface area contributed by atoms with E-state index in [1.54, 1.807) is 0 Å². The van der Waals surface area contributed by atoms with Crippen LogP contribution in [0.15, 0.2) is 18.5 Å². The van der Waals surface area contributed by atoms with Crippen molar-refractivity contribution in [2.24, 2.45) is 7.05 Å². The smallest absolute Gasteiger partial charge is 0.179 e. The molecule has 1 N–H and O–H groups in total. The van der Waals surface area contributed by atoms with Crippen molar-refractivity contribution >= 4 is 23.4 Å². The van der Waals surface area contributed by atoms with E-state index in [1.165, 1.54) is 0 Å². The second-order valence-electron chi connectivity index (χ2n) is 4.78. The van der Waals surface area contributed by atoms with Crippen LogP contribution in [0.4, 0.5) is 0 Å². The number of pyridine rings is 1. The lowest BCUT2D eigenvalue weighted by Crippen LogP contribution is -2.02. The third-order valence-corrected chi connectivity index (χ3v) is 3.73. The molecule has 98 valence electrons. The van der Waals surface area contributed by atoms with Crippen LogP contribution in [0.25, 0.3) is 11.2 Å².